The highest BCUT2D eigenvalue weighted by atomic mass is 19.1. The standard InChI is InChI=1S/C20H19FO5/c1-3-24-12-15-14-6-4-5-7-17(14)26-19(15)20(22)25-11-13-8-9-18(23-2)16(21)10-13/h4-10H,3,11-12H2,1-2H3. The SMILES string of the molecule is CCOCc1c(C(=O)OCc2ccc(OC)c(F)c2)oc2ccccc12. The number of para-hydroxylation sites is 1. The summed E-state index contributed by atoms with van der Waals surface area (Å²) in [5, 5.41) is 0.809. The molecule has 0 atom stereocenters. The van der Waals surface area contributed by atoms with Crippen molar-refractivity contribution in [2.45, 2.75) is 20.1 Å². The minimum Gasteiger partial charge on any atom is -0.494 e. The van der Waals surface area contributed by atoms with Crippen LogP contribution < -0.4 is 4.74 Å². The van der Waals surface area contributed by atoms with Crippen LogP contribution in [-0.4, -0.2) is 19.7 Å². The van der Waals surface area contributed by atoms with Crippen molar-refractivity contribution in [2.75, 3.05) is 13.7 Å². The molecule has 136 valence electrons. The molecule has 0 N–H and O–H groups in total. The molecule has 2 aromatic carbocycles. The lowest BCUT2D eigenvalue weighted by Gasteiger charge is -2.07. The van der Waals surface area contributed by atoms with Crippen LogP contribution in [0.15, 0.2) is 46.9 Å². The Kier molecular flexibility index (Phi) is 5.53. The van der Waals surface area contributed by atoms with Crippen LogP contribution >= 0.6 is 0 Å². The maximum absolute atomic E-state index is 13.7. The number of carbonyl (C=O) groups is 1. The lowest BCUT2D eigenvalue weighted by molar-refractivity contribution is 0.0429. The highest BCUT2D eigenvalue weighted by molar-refractivity contribution is 5.96. The summed E-state index contributed by atoms with van der Waals surface area (Å²) in [6.07, 6.45) is 0. The van der Waals surface area contributed by atoms with Crippen molar-refractivity contribution in [1.29, 1.82) is 0 Å². The van der Waals surface area contributed by atoms with E-state index in [0.717, 1.165) is 5.39 Å². The van der Waals surface area contributed by atoms with E-state index in [0.29, 0.717) is 23.3 Å². The molecule has 0 aliphatic carbocycles. The van der Waals surface area contributed by atoms with Crippen LogP contribution in [0.3, 0.4) is 0 Å². The van der Waals surface area contributed by atoms with Crippen molar-refractivity contribution in [2.24, 2.45) is 0 Å². The van der Waals surface area contributed by atoms with Crippen molar-refractivity contribution in [3.05, 3.63) is 65.2 Å². The highest BCUT2D eigenvalue weighted by Gasteiger charge is 2.22. The van der Waals surface area contributed by atoms with Gasteiger partial charge in [-0.25, -0.2) is 9.18 Å². The molecule has 1 aromatic heterocycles. The van der Waals surface area contributed by atoms with E-state index < -0.39 is 11.8 Å². The van der Waals surface area contributed by atoms with Gasteiger partial charge in [-0.2, -0.15) is 0 Å². The van der Waals surface area contributed by atoms with Gasteiger partial charge in [0.2, 0.25) is 5.76 Å². The number of hydrogen-bond acceptors (Lipinski definition) is 5. The van der Waals surface area contributed by atoms with Gasteiger partial charge in [0.25, 0.3) is 0 Å². The molecule has 0 saturated heterocycles. The minimum absolute atomic E-state index is 0.0785. The number of halogens is 1. The summed E-state index contributed by atoms with van der Waals surface area (Å²) in [6, 6.07) is 11.7. The third-order valence-electron chi connectivity index (χ3n) is 3.92. The molecule has 0 bridgehead atoms. The number of carbonyl (C=O) groups excluding carboxylic acids is 1. The second-order valence-corrected chi connectivity index (χ2v) is 5.59. The zero-order valence-corrected chi connectivity index (χ0v) is 14.6. The molecule has 3 aromatic rings. The fourth-order valence-corrected chi connectivity index (χ4v) is 2.63. The van der Waals surface area contributed by atoms with Crippen LogP contribution in [0.4, 0.5) is 4.39 Å². The Morgan fingerprint density at radius 3 is 2.69 bits per heavy atom. The van der Waals surface area contributed by atoms with Crippen LogP contribution in [0.25, 0.3) is 11.0 Å². The number of methoxy groups -OCH3 is 1. The fraction of sp³-hybridized carbons (Fsp3) is 0.250. The average molecular weight is 358 g/mol. The number of hydrogen-bond donors (Lipinski definition) is 0. The molecular weight excluding hydrogens is 339 g/mol. The molecule has 0 spiro atoms. The van der Waals surface area contributed by atoms with Crippen LogP contribution in [0.1, 0.15) is 28.6 Å². The molecule has 6 heteroatoms. The Labute approximate surface area is 150 Å². The van der Waals surface area contributed by atoms with Gasteiger partial charge in [0.05, 0.1) is 13.7 Å². The lowest BCUT2D eigenvalue weighted by atomic mass is 10.1. The van der Waals surface area contributed by atoms with Crippen molar-refractivity contribution < 1.29 is 27.8 Å². The van der Waals surface area contributed by atoms with E-state index in [4.69, 9.17) is 18.6 Å². The van der Waals surface area contributed by atoms with E-state index in [9.17, 15) is 9.18 Å². The maximum Gasteiger partial charge on any atom is 0.374 e. The van der Waals surface area contributed by atoms with E-state index in [1.165, 1.54) is 19.2 Å². The molecule has 1 heterocycles. The number of rotatable bonds is 7. The summed E-state index contributed by atoms with van der Waals surface area (Å²) in [5.74, 6) is -0.890. The highest BCUT2D eigenvalue weighted by Crippen LogP contribution is 2.27. The Hall–Kier alpha value is -2.86. The van der Waals surface area contributed by atoms with Gasteiger partial charge in [0.15, 0.2) is 11.6 Å². The summed E-state index contributed by atoms with van der Waals surface area (Å²) in [4.78, 5) is 12.5. The third-order valence-corrected chi connectivity index (χ3v) is 3.92. The number of esters is 1. The van der Waals surface area contributed by atoms with E-state index in [1.54, 1.807) is 12.1 Å². The summed E-state index contributed by atoms with van der Waals surface area (Å²) in [5.41, 5.74) is 1.75. The van der Waals surface area contributed by atoms with Crippen LogP contribution in [0.5, 0.6) is 5.75 Å². The zero-order valence-electron chi connectivity index (χ0n) is 14.6. The molecule has 0 fully saturated rings. The normalized spacial score (nSPS) is 10.9. The van der Waals surface area contributed by atoms with E-state index in [1.807, 2.05) is 25.1 Å². The monoisotopic (exact) mass is 358 g/mol. The number of ether oxygens (including phenoxy) is 3. The molecule has 5 nitrogen and oxygen atoms in total. The predicted molar refractivity (Wildman–Crippen MR) is 93.6 cm³/mol. The molecular formula is C20H19FO5. The van der Waals surface area contributed by atoms with E-state index in [2.05, 4.69) is 0 Å². The van der Waals surface area contributed by atoms with Crippen molar-refractivity contribution >= 4 is 16.9 Å². The fourth-order valence-electron chi connectivity index (χ4n) is 2.63. The van der Waals surface area contributed by atoms with Crippen LogP contribution in [0.2, 0.25) is 0 Å². The van der Waals surface area contributed by atoms with Gasteiger partial charge in [-0.15, -0.1) is 0 Å². The first kappa shape index (κ1) is 17.9. The topological polar surface area (TPSA) is 57.9 Å². The Bertz CT molecular complexity index is 916. The van der Waals surface area contributed by atoms with Gasteiger partial charge in [-0.3, -0.25) is 0 Å². The molecule has 0 aliphatic rings. The van der Waals surface area contributed by atoms with Gasteiger partial charge in [-0.05, 0) is 30.7 Å². The van der Waals surface area contributed by atoms with Crippen molar-refractivity contribution in [3.63, 3.8) is 0 Å². The first-order chi connectivity index (χ1) is 12.6. The Balaban J connectivity index is 1.80. The van der Waals surface area contributed by atoms with E-state index >= 15 is 0 Å². The minimum atomic E-state index is -0.618. The lowest BCUT2D eigenvalue weighted by Crippen LogP contribution is -2.08. The van der Waals surface area contributed by atoms with E-state index in [-0.39, 0.29) is 24.7 Å². The largest absolute Gasteiger partial charge is 0.494 e. The maximum atomic E-state index is 13.7. The first-order valence-corrected chi connectivity index (χ1v) is 8.21. The Morgan fingerprint density at radius 2 is 1.96 bits per heavy atom. The second kappa shape index (κ2) is 8.01. The van der Waals surface area contributed by atoms with Gasteiger partial charge in [0.1, 0.15) is 12.2 Å². The summed E-state index contributed by atoms with van der Waals surface area (Å²) in [7, 11) is 1.39. The molecule has 3 rings (SSSR count). The first-order valence-electron chi connectivity index (χ1n) is 8.21. The molecule has 0 aliphatic heterocycles. The molecule has 0 amide bonds. The predicted octanol–water partition coefficient (Wildman–Crippen LogP) is 4.47. The summed E-state index contributed by atoms with van der Waals surface area (Å²) < 4.78 is 35.0. The van der Waals surface area contributed by atoms with Gasteiger partial charge >= 0.3 is 5.97 Å². The number of fused-ring (bicyclic) bond motifs is 1. The van der Waals surface area contributed by atoms with Crippen molar-refractivity contribution in [1.82, 2.24) is 0 Å². The number of benzene rings is 2. The van der Waals surface area contributed by atoms with Gasteiger partial charge in [-0.1, -0.05) is 24.3 Å². The van der Waals surface area contributed by atoms with Gasteiger partial charge in [0, 0.05) is 17.6 Å². The average Bonchev–Trinajstić information content (AvgIpc) is 3.03. The smallest absolute Gasteiger partial charge is 0.374 e. The zero-order chi connectivity index (χ0) is 18.5. The van der Waals surface area contributed by atoms with Crippen LogP contribution in [0, 0.1) is 5.82 Å². The summed E-state index contributed by atoms with van der Waals surface area (Å²) in [6.45, 7) is 2.55. The second-order valence-electron chi connectivity index (χ2n) is 5.59. The Morgan fingerprint density at radius 1 is 1.15 bits per heavy atom. The molecule has 0 radical (unpaired) electrons. The van der Waals surface area contributed by atoms with Crippen molar-refractivity contribution in [3.8, 4) is 5.75 Å². The van der Waals surface area contributed by atoms with Gasteiger partial charge < -0.3 is 18.6 Å². The molecule has 0 saturated carbocycles. The van der Waals surface area contributed by atoms with Crippen LogP contribution in [-0.2, 0) is 22.7 Å². The molecule has 26 heavy (non-hydrogen) atoms. The number of furan rings is 1. The summed E-state index contributed by atoms with van der Waals surface area (Å²) >= 11 is 0. The molecule has 0 unspecified atom stereocenters. The quantitative estimate of drug-likeness (QED) is 0.583. The third kappa shape index (κ3) is 3.70.